The first kappa shape index (κ1) is 14.9. The normalized spacial score (nSPS) is 15.8. The van der Waals surface area contributed by atoms with Gasteiger partial charge < -0.3 is 15.5 Å². The summed E-state index contributed by atoms with van der Waals surface area (Å²) in [7, 11) is 0. The Bertz CT molecular complexity index is 408. The van der Waals surface area contributed by atoms with E-state index < -0.39 is 0 Å². The third kappa shape index (κ3) is 4.53. The minimum atomic E-state index is 0.0336. The van der Waals surface area contributed by atoms with E-state index in [0.29, 0.717) is 0 Å². The van der Waals surface area contributed by atoms with E-state index in [2.05, 4.69) is 29.7 Å². The number of carbonyl (C=O) groups is 1. The molecule has 4 nitrogen and oxygen atoms in total. The number of nitrogens with zero attached hydrogens (tertiary/aromatic N) is 1. The van der Waals surface area contributed by atoms with Crippen LogP contribution in [0, 0.1) is 0 Å². The summed E-state index contributed by atoms with van der Waals surface area (Å²) in [5, 5.41) is 6.28. The van der Waals surface area contributed by atoms with Crippen molar-refractivity contribution in [3.05, 3.63) is 29.8 Å². The first-order chi connectivity index (χ1) is 9.79. The zero-order valence-electron chi connectivity index (χ0n) is 12.3. The Kier molecular flexibility index (Phi) is 5.87. The molecule has 0 radical (unpaired) electrons. The van der Waals surface area contributed by atoms with Gasteiger partial charge in [0.05, 0.1) is 0 Å². The van der Waals surface area contributed by atoms with Crippen molar-refractivity contribution in [3.63, 3.8) is 0 Å². The molecular weight excluding hydrogens is 250 g/mol. The van der Waals surface area contributed by atoms with E-state index in [9.17, 15) is 4.79 Å². The summed E-state index contributed by atoms with van der Waals surface area (Å²) in [5.74, 6) is 0. The lowest BCUT2D eigenvalue weighted by atomic mass is 10.2. The molecule has 0 aromatic heterocycles. The highest BCUT2D eigenvalue weighted by Gasteiger charge is 2.15. The molecule has 2 rings (SSSR count). The number of hydrogen-bond acceptors (Lipinski definition) is 2. The largest absolute Gasteiger partial charge is 0.325 e. The third-order valence-electron chi connectivity index (χ3n) is 3.68. The lowest BCUT2D eigenvalue weighted by Gasteiger charge is -2.20. The fourth-order valence-corrected chi connectivity index (χ4v) is 2.45. The third-order valence-corrected chi connectivity index (χ3v) is 3.68. The van der Waals surface area contributed by atoms with Crippen molar-refractivity contribution in [2.75, 3.05) is 25.0 Å². The van der Waals surface area contributed by atoms with Crippen LogP contribution in [0.3, 0.4) is 0 Å². The second-order valence-corrected chi connectivity index (χ2v) is 5.31. The maximum Gasteiger partial charge on any atom is 0.321 e. The van der Waals surface area contributed by atoms with Crippen molar-refractivity contribution in [1.82, 2.24) is 10.2 Å². The van der Waals surface area contributed by atoms with Crippen molar-refractivity contribution in [3.8, 4) is 0 Å². The van der Waals surface area contributed by atoms with Crippen LogP contribution in [0.5, 0.6) is 0 Å². The van der Waals surface area contributed by atoms with Crippen LogP contribution in [-0.4, -0.2) is 30.6 Å². The van der Waals surface area contributed by atoms with Crippen molar-refractivity contribution in [2.24, 2.45) is 0 Å². The first-order valence-electron chi connectivity index (χ1n) is 7.65. The molecule has 1 saturated heterocycles. The summed E-state index contributed by atoms with van der Waals surface area (Å²) in [4.78, 5) is 14.1. The number of hydrogen-bond donors (Lipinski definition) is 2. The molecule has 1 aromatic rings. The average molecular weight is 275 g/mol. The second kappa shape index (κ2) is 7.90. The van der Waals surface area contributed by atoms with Crippen molar-refractivity contribution >= 4 is 11.7 Å². The fraction of sp³-hybridized carbons (Fsp3) is 0.562. The topological polar surface area (TPSA) is 44.4 Å². The van der Waals surface area contributed by atoms with Gasteiger partial charge in [0.1, 0.15) is 0 Å². The van der Waals surface area contributed by atoms with E-state index in [-0.39, 0.29) is 6.03 Å². The smallest absolute Gasteiger partial charge is 0.321 e. The minimum Gasteiger partial charge on any atom is -0.325 e. The number of amides is 2. The Hall–Kier alpha value is -1.55. The molecule has 1 aliphatic heterocycles. The maximum atomic E-state index is 12.2. The molecule has 0 aliphatic carbocycles. The zero-order valence-corrected chi connectivity index (χ0v) is 12.3. The standard InChI is InChI=1S/C16H25N3O/c1-2-17-13-14-7-9-15(10-8-14)18-16(20)19-11-5-3-4-6-12-19/h7-10,17H,2-6,11-13H2,1H3,(H,18,20). The summed E-state index contributed by atoms with van der Waals surface area (Å²) in [6, 6.07) is 8.10. The number of benzene rings is 1. The number of urea groups is 1. The molecule has 1 heterocycles. The van der Waals surface area contributed by atoms with Crippen LogP contribution in [0.4, 0.5) is 10.5 Å². The Morgan fingerprint density at radius 1 is 1.10 bits per heavy atom. The van der Waals surface area contributed by atoms with Crippen LogP contribution in [0.1, 0.15) is 38.2 Å². The first-order valence-corrected chi connectivity index (χ1v) is 7.65. The van der Waals surface area contributed by atoms with Crippen LogP contribution in [0.15, 0.2) is 24.3 Å². The monoisotopic (exact) mass is 275 g/mol. The van der Waals surface area contributed by atoms with Gasteiger partial charge in [-0.25, -0.2) is 4.79 Å². The van der Waals surface area contributed by atoms with Crippen molar-refractivity contribution in [2.45, 2.75) is 39.2 Å². The second-order valence-electron chi connectivity index (χ2n) is 5.31. The highest BCUT2D eigenvalue weighted by atomic mass is 16.2. The SMILES string of the molecule is CCNCc1ccc(NC(=O)N2CCCCCC2)cc1. The molecule has 20 heavy (non-hydrogen) atoms. The molecule has 4 heteroatoms. The van der Waals surface area contributed by atoms with Gasteiger partial charge in [0.15, 0.2) is 0 Å². The van der Waals surface area contributed by atoms with Crippen LogP contribution >= 0.6 is 0 Å². The van der Waals surface area contributed by atoms with Crippen LogP contribution in [0.25, 0.3) is 0 Å². The summed E-state index contributed by atoms with van der Waals surface area (Å²) in [6.45, 7) is 5.69. The van der Waals surface area contributed by atoms with Gasteiger partial charge in [-0.15, -0.1) is 0 Å². The molecule has 2 amide bonds. The predicted octanol–water partition coefficient (Wildman–Crippen LogP) is 3.20. The molecule has 1 aromatic carbocycles. The van der Waals surface area contributed by atoms with Crippen molar-refractivity contribution in [1.29, 1.82) is 0 Å². The van der Waals surface area contributed by atoms with Gasteiger partial charge in [-0.3, -0.25) is 0 Å². The quantitative estimate of drug-likeness (QED) is 0.886. The van der Waals surface area contributed by atoms with Gasteiger partial charge in [0.25, 0.3) is 0 Å². The van der Waals surface area contributed by atoms with E-state index in [1.807, 2.05) is 17.0 Å². The molecule has 2 N–H and O–H groups in total. The molecule has 0 atom stereocenters. The zero-order chi connectivity index (χ0) is 14.2. The highest BCUT2D eigenvalue weighted by molar-refractivity contribution is 5.89. The highest BCUT2D eigenvalue weighted by Crippen LogP contribution is 2.13. The van der Waals surface area contributed by atoms with Gasteiger partial charge in [-0.05, 0) is 37.1 Å². The van der Waals surface area contributed by atoms with Gasteiger partial charge in [0, 0.05) is 25.3 Å². The van der Waals surface area contributed by atoms with E-state index in [4.69, 9.17) is 0 Å². The number of likely N-dealkylation sites (tertiary alicyclic amines) is 1. The fourth-order valence-electron chi connectivity index (χ4n) is 2.45. The Morgan fingerprint density at radius 3 is 2.35 bits per heavy atom. The molecular formula is C16H25N3O. The number of carbonyl (C=O) groups excluding carboxylic acids is 1. The summed E-state index contributed by atoms with van der Waals surface area (Å²) >= 11 is 0. The summed E-state index contributed by atoms with van der Waals surface area (Å²) in [5.41, 5.74) is 2.11. The summed E-state index contributed by atoms with van der Waals surface area (Å²) in [6.07, 6.45) is 4.72. The molecule has 1 aliphatic rings. The van der Waals surface area contributed by atoms with Gasteiger partial charge in [-0.2, -0.15) is 0 Å². The van der Waals surface area contributed by atoms with E-state index in [0.717, 1.165) is 44.7 Å². The van der Waals surface area contributed by atoms with Crippen LogP contribution in [-0.2, 0) is 6.54 Å². The van der Waals surface area contributed by atoms with E-state index >= 15 is 0 Å². The van der Waals surface area contributed by atoms with Crippen LogP contribution < -0.4 is 10.6 Å². The van der Waals surface area contributed by atoms with Gasteiger partial charge in [0.2, 0.25) is 0 Å². The van der Waals surface area contributed by atoms with Gasteiger partial charge >= 0.3 is 6.03 Å². The predicted molar refractivity (Wildman–Crippen MR) is 82.9 cm³/mol. The molecule has 0 spiro atoms. The maximum absolute atomic E-state index is 12.2. The minimum absolute atomic E-state index is 0.0336. The lowest BCUT2D eigenvalue weighted by Crippen LogP contribution is -2.35. The average Bonchev–Trinajstić information content (AvgIpc) is 2.75. The molecule has 0 unspecified atom stereocenters. The summed E-state index contributed by atoms with van der Waals surface area (Å²) < 4.78 is 0. The number of anilines is 1. The number of nitrogens with one attached hydrogen (secondary N) is 2. The molecule has 0 bridgehead atoms. The lowest BCUT2D eigenvalue weighted by molar-refractivity contribution is 0.214. The molecule has 1 fully saturated rings. The molecule has 110 valence electrons. The Morgan fingerprint density at radius 2 is 1.75 bits per heavy atom. The van der Waals surface area contributed by atoms with E-state index in [1.54, 1.807) is 0 Å². The number of rotatable bonds is 4. The van der Waals surface area contributed by atoms with Gasteiger partial charge in [-0.1, -0.05) is 31.9 Å². The Balaban J connectivity index is 1.86. The Labute approximate surface area is 121 Å². The van der Waals surface area contributed by atoms with E-state index in [1.165, 1.54) is 18.4 Å². The van der Waals surface area contributed by atoms with Crippen LogP contribution in [0.2, 0.25) is 0 Å². The molecule has 0 saturated carbocycles. The van der Waals surface area contributed by atoms with Crippen molar-refractivity contribution < 1.29 is 4.79 Å².